The normalized spacial score (nSPS) is 12.8. The number of hydrogen-bond donors (Lipinski definition) is 4. The Kier molecular flexibility index (Phi) is 9.84. The molecule has 0 fully saturated rings. The SMILES string of the molecule is O=S(=O)(O)C(F)(F)F.O=S(=O)(O)C(F)(F)F.SS. The molecule has 0 amide bonds. The third-order valence-electron chi connectivity index (χ3n) is 0.585. The largest absolute Gasteiger partial charge is 0.522 e. The van der Waals surface area contributed by atoms with Crippen LogP contribution in [0.5, 0.6) is 0 Å². The van der Waals surface area contributed by atoms with E-state index in [1.165, 1.54) is 0 Å². The van der Waals surface area contributed by atoms with E-state index in [1.807, 2.05) is 0 Å². The molecule has 6 nitrogen and oxygen atoms in total. The molecule has 2 N–H and O–H groups in total. The summed E-state index contributed by atoms with van der Waals surface area (Å²) < 4.78 is 115. The van der Waals surface area contributed by atoms with E-state index in [1.54, 1.807) is 0 Å². The lowest BCUT2D eigenvalue weighted by Crippen LogP contribution is -2.21. The maximum Gasteiger partial charge on any atom is 0.522 e. The molecule has 0 radical (unpaired) electrons. The van der Waals surface area contributed by atoms with Crippen LogP contribution >= 0.6 is 23.3 Å². The van der Waals surface area contributed by atoms with E-state index in [4.69, 9.17) is 25.9 Å². The van der Waals surface area contributed by atoms with Crippen molar-refractivity contribution >= 4 is 43.6 Å². The monoisotopic (exact) mass is 366 g/mol. The van der Waals surface area contributed by atoms with Gasteiger partial charge in [-0.25, -0.2) is 0 Å². The molecule has 0 aliphatic heterocycles. The van der Waals surface area contributed by atoms with Crippen LogP contribution in [0.4, 0.5) is 26.3 Å². The Bertz CT molecular complexity index is 374. The predicted molar refractivity (Wildman–Crippen MR) is 53.2 cm³/mol. The minimum atomic E-state index is -5.84. The fourth-order valence-corrected chi connectivity index (χ4v) is 0. The smallest absolute Gasteiger partial charge is 0.279 e. The van der Waals surface area contributed by atoms with Crippen molar-refractivity contribution in [1.29, 1.82) is 0 Å². The van der Waals surface area contributed by atoms with Crippen LogP contribution in [-0.2, 0) is 20.2 Å². The maximum atomic E-state index is 10.7. The van der Waals surface area contributed by atoms with E-state index in [-0.39, 0.29) is 0 Å². The summed E-state index contributed by atoms with van der Waals surface area (Å²) in [5.74, 6) is 0. The van der Waals surface area contributed by atoms with E-state index >= 15 is 0 Å². The molecule has 0 saturated heterocycles. The molecule has 0 saturated carbocycles. The van der Waals surface area contributed by atoms with Crippen molar-refractivity contribution in [2.75, 3.05) is 0 Å². The van der Waals surface area contributed by atoms with Gasteiger partial charge in [0.2, 0.25) is 0 Å². The first kappa shape index (κ1) is 23.2. The number of alkyl halides is 6. The average molecular weight is 366 g/mol. The number of hydrogen-bond acceptors (Lipinski definition) is 6. The fourth-order valence-electron chi connectivity index (χ4n) is 0. The molecule has 18 heavy (non-hydrogen) atoms. The second-order valence-electron chi connectivity index (χ2n) is 1.84. The van der Waals surface area contributed by atoms with Crippen LogP contribution in [0, 0.1) is 0 Å². The van der Waals surface area contributed by atoms with Crippen LogP contribution in [0.1, 0.15) is 0 Å². The topological polar surface area (TPSA) is 109 Å². The summed E-state index contributed by atoms with van der Waals surface area (Å²) in [5.41, 5.74) is -11.1. The summed E-state index contributed by atoms with van der Waals surface area (Å²) in [6.07, 6.45) is 0. The molecule has 0 heterocycles. The van der Waals surface area contributed by atoms with Crippen LogP contribution in [0.3, 0.4) is 0 Å². The zero-order chi connectivity index (χ0) is 16.0. The van der Waals surface area contributed by atoms with Gasteiger partial charge in [-0.15, -0.1) is 23.3 Å². The lowest BCUT2D eigenvalue weighted by molar-refractivity contribution is -0.0514. The Labute approximate surface area is 107 Å². The summed E-state index contributed by atoms with van der Waals surface area (Å²) in [5, 5.41) is 0. The van der Waals surface area contributed by atoms with E-state index in [9.17, 15) is 26.3 Å². The standard InChI is InChI=1S/2CHF3O3S.H2S2/c2*2-1(3,4)8(5,6)7;1-2/h2*(H,5,6,7);1-2H. The van der Waals surface area contributed by atoms with E-state index in [0.29, 0.717) is 0 Å². The second-order valence-corrected chi connectivity index (χ2v) is 4.67. The highest BCUT2D eigenvalue weighted by molar-refractivity contribution is 8.59. The Morgan fingerprint density at radius 3 is 0.722 bits per heavy atom. The van der Waals surface area contributed by atoms with Gasteiger partial charge >= 0.3 is 31.3 Å². The second kappa shape index (κ2) is 7.63. The Hall–Kier alpha value is 0.1000. The van der Waals surface area contributed by atoms with Gasteiger partial charge in [0, 0.05) is 0 Å². The van der Waals surface area contributed by atoms with Gasteiger partial charge in [0.25, 0.3) is 0 Å². The van der Waals surface area contributed by atoms with Gasteiger partial charge in [0.05, 0.1) is 0 Å². The summed E-state index contributed by atoms with van der Waals surface area (Å²) >= 11 is 6.44. The minimum absolute atomic E-state index is 3.22. The zero-order valence-corrected chi connectivity index (χ0v) is 10.9. The summed E-state index contributed by atoms with van der Waals surface area (Å²) in [6.45, 7) is 0. The minimum Gasteiger partial charge on any atom is -0.279 e. The van der Waals surface area contributed by atoms with Crippen molar-refractivity contribution in [2.45, 2.75) is 11.0 Å². The highest BCUT2D eigenvalue weighted by atomic mass is 33.1. The summed E-state index contributed by atoms with van der Waals surface area (Å²) in [4.78, 5) is 0. The highest BCUT2D eigenvalue weighted by Crippen LogP contribution is 2.21. The molecule has 0 bridgehead atoms. The van der Waals surface area contributed by atoms with Gasteiger partial charge in [0.1, 0.15) is 0 Å². The fraction of sp³-hybridized carbons (Fsp3) is 1.00. The zero-order valence-electron chi connectivity index (χ0n) is 7.51. The molecule has 16 heteroatoms. The molecule has 0 spiro atoms. The predicted octanol–water partition coefficient (Wildman–Crippen LogP) is 1.55. The van der Waals surface area contributed by atoms with Gasteiger partial charge in [-0.05, 0) is 0 Å². The van der Waals surface area contributed by atoms with Gasteiger partial charge in [-0.3, -0.25) is 9.11 Å². The number of rotatable bonds is 0. The third kappa shape index (κ3) is 11.2. The van der Waals surface area contributed by atoms with Crippen LogP contribution in [0.25, 0.3) is 0 Å². The summed E-state index contributed by atoms with van der Waals surface area (Å²) in [7, 11) is -11.7. The lowest BCUT2D eigenvalue weighted by Gasteiger charge is -1.97. The van der Waals surface area contributed by atoms with Crippen molar-refractivity contribution in [2.24, 2.45) is 0 Å². The van der Waals surface area contributed by atoms with Crippen LogP contribution in [-0.4, -0.2) is 37.0 Å². The van der Waals surface area contributed by atoms with Gasteiger partial charge in [-0.2, -0.15) is 43.2 Å². The Morgan fingerprint density at radius 2 is 0.722 bits per heavy atom. The molecule has 114 valence electrons. The number of halogens is 6. The quantitative estimate of drug-likeness (QED) is 0.170. The van der Waals surface area contributed by atoms with Crippen molar-refractivity contribution in [1.82, 2.24) is 0 Å². The van der Waals surface area contributed by atoms with Crippen molar-refractivity contribution in [3.8, 4) is 0 Å². The Balaban J connectivity index is -0.000000219. The molecule has 0 aromatic rings. The van der Waals surface area contributed by atoms with Crippen molar-refractivity contribution in [3.05, 3.63) is 0 Å². The lowest BCUT2D eigenvalue weighted by atomic mass is 11.6. The van der Waals surface area contributed by atoms with Crippen molar-refractivity contribution in [3.63, 3.8) is 0 Å². The van der Waals surface area contributed by atoms with Crippen LogP contribution in [0.15, 0.2) is 0 Å². The average Bonchev–Trinajstić information content (AvgIpc) is 2.01. The first-order chi connectivity index (χ1) is 7.50. The first-order valence-corrected chi connectivity index (χ1v) is 7.25. The highest BCUT2D eigenvalue weighted by Gasteiger charge is 2.45. The van der Waals surface area contributed by atoms with Crippen LogP contribution in [0.2, 0.25) is 0 Å². The molecule has 0 aliphatic rings. The van der Waals surface area contributed by atoms with E-state index < -0.39 is 31.3 Å². The van der Waals surface area contributed by atoms with E-state index in [0.717, 1.165) is 0 Å². The number of thiol groups is 2. The van der Waals surface area contributed by atoms with Crippen molar-refractivity contribution < 1.29 is 52.3 Å². The summed E-state index contributed by atoms with van der Waals surface area (Å²) in [6, 6.07) is 0. The molecule has 0 rings (SSSR count). The molecule has 0 aromatic carbocycles. The van der Waals surface area contributed by atoms with Gasteiger partial charge in [0.15, 0.2) is 0 Å². The van der Waals surface area contributed by atoms with Crippen LogP contribution < -0.4 is 0 Å². The van der Waals surface area contributed by atoms with Gasteiger partial charge < -0.3 is 0 Å². The van der Waals surface area contributed by atoms with Gasteiger partial charge in [-0.1, -0.05) is 0 Å². The third-order valence-corrected chi connectivity index (χ3v) is 1.75. The first-order valence-electron chi connectivity index (χ1n) is 2.77. The molecule has 0 aromatic heterocycles. The molecule has 0 aliphatic carbocycles. The van der Waals surface area contributed by atoms with E-state index in [2.05, 4.69) is 23.3 Å². The molecule has 0 unspecified atom stereocenters. The molecular formula is C2H4F6O6S4. The maximum absolute atomic E-state index is 10.7. The Morgan fingerprint density at radius 1 is 0.667 bits per heavy atom. The molecule has 0 atom stereocenters. The molecular weight excluding hydrogens is 362 g/mol.